The van der Waals surface area contributed by atoms with Gasteiger partial charge in [-0.2, -0.15) is 0 Å². The minimum Gasteiger partial charge on any atom is -0.497 e. The first-order valence-corrected chi connectivity index (χ1v) is 11.0. The molecule has 1 aliphatic heterocycles. The number of hydrogen-bond donors (Lipinski definition) is 0. The predicted molar refractivity (Wildman–Crippen MR) is 123 cm³/mol. The van der Waals surface area contributed by atoms with Gasteiger partial charge in [-0.1, -0.05) is 30.3 Å². The number of rotatable bonds is 6. The van der Waals surface area contributed by atoms with E-state index in [4.69, 9.17) is 9.72 Å². The first-order valence-electron chi connectivity index (χ1n) is 11.0. The summed E-state index contributed by atoms with van der Waals surface area (Å²) in [6.07, 6.45) is 4.45. The molecule has 0 N–H and O–H groups in total. The van der Waals surface area contributed by atoms with Gasteiger partial charge in [0.15, 0.2) is 0 Å². The number of nitrogens with zero attached hydrogens (tertiary/aromatic N) is 2. The third-order valence-electron chi connectivity index (χ3n) is 6.37. The van der Waals surface area contributed by atoms with Gasteiger partial charge in [-0.25, -0.2) is 4.39 Å². The van der Waals surface area contributed by atoms with Gasteiger partial charge in [0, 0.05) is 12.7 Å². The molecule has 166 valence electrons. The van der Waals surface area contributed by atoms with Crippen molar-refractivity contribution in [2.24, 2.45) is 0 Å². The summed E-state index contributed by atoms with van der Waals surface area (Å²) < 4.78 is 18.4. The lowest BCUT2D eigenvalue weighted by molar-refractivity contribution is -0.137. The Hall–Kier alpha value is -3.21. The van der Waals surface area contributed by atoms with E-state index in [0.29, 0.717) is 6.42 Å². The quantitative estimate of drug-likeness (QED) is 0.519. The molecule has 4 nitrogen and oxygen atoms in total. The topological polar surface area (TPSA) is 42.4 Å². The number of halogens is 1. The molecular weight excluding hydrogens is 403 g/mol. The fourth-order valence-corrected chi connectivity index (χ4v) is 4.38. The Balaban J connectivity index is 1.49. The molecule has 3 aromatic rings. The van der Waals surface area contributed by atoms with Crippen LogP contribution in [0.5, 0.6) is 5.75 Å². The maximum absolute atomic E-state index is 13.6. The maximum Gasteiger partial charge on any atom is 0.233 e. The highest BCUT2D eigenvalue weighted by Gasteiger charge is 2.39. The number of amides is 1. The molecule has 1 aliphatic rings. The van der Waals surface area contributed by atoms with E-state index in [1.807, 2.05) is 55.3 Å². The third-order valence-corrected chi connectivity index (χ3v) is 6.37. The number of pyridine rings is 1. The van der Waals surface area contributed by atoms with Crippen molar-refractivity contribution in [1.82, 2.24) is 9.88 Å². The summed E-state index contributed by atoms with van der Waals surface area (Å²) in [6, 6.07) is 18.3. The fourth-order valence-electron chi connectivity index (χ4n) is 4.38. The van der Waals surface area contributed by atoms with Crippen LogP contribution in [0.2, 0.25) is 0 Å². The van der Waals surface area contributed by atoms with E-state index in [9.17, 15) is 9.18 Å². The molecule has 1 aromatic heterocycles. The van der Waals surface area contributed by atoms with Crippen molar-refractivity contribution in [2.75, 3.05) is 13.7 Å². The van der Waals surface area contributed by atoms with Crippen LogP contribution in [0.1, 0.15) is 55.1 Å². The number of ether oxygens (including phenoxy) is 1. The Bertz CT molecular complexity index is 1060. The molecule has 4 rings (SSSR count). The van der Waals surface area contributed by atoms with Gasteiger partial charge in [0.2, 0.25) is 5.91 Å². The van der Waals surface area contributed by atoms with Crippen LogP contribution in [0.4, 0.5) is 4.39 Å². The molecule has 0 aliphatic carbocycles. The van der Waals surface area contributed by atoms with Gasteiger partial charge in [-0.15, -0.1) is 0 Å². The summed E-state index contributed by atoms with van der Waals surface area (Å²) in [5.41, 5.74) is 3.35. The molecule has 5 heteroatoms. The number of carbonyl (C=O) groups excluding carboxylic acids is 1. The SMILES string of the molecule is COc1ccc(C(C)(C)C(=O)N2CCC[C@H]2c2ccc(Cc3ccc(F)cc3)cn2)cc1. The molecule has 1 saturated heterocycles. The monoisotopic (exact) mass is 432 g/mol. The minimum atomic E-state index is -0.641. The number of hydrogen-bond acceptors (Lipinski definition) is 3. The van der Waals surface area contributed by atoms with Crippen molar-refractivity contribution in [3.63, 3.8) is 0 Å². The van der Waals surface area contributed by atoms with E-state index in [0.717, 1.165) is 47.5 Å². The normalized spacial score (nSPS) is 16.2. The van der Waals surface area contributed by atoms with Crippen LogP contribution in [0.15, 0.2) is 66.9 Å². The molecule has 0 bridgehead atoms. The maximum atomic E-state index is 13.6. The van der Waals surface area contributed by atoms with Gasteiger partial charge < -0.3 is 9.64 Å². The average molecular weight is 433 g/mol. The summed E-state index contributed by atoms with van der Waals surface area (Å²) >= 11 is 0. The van der Waals surface area contributed by atoms with Crippen LogP contribution in [-0.2, 0) is 16.6 Å². The zero-order chi connectivity index (χ0) is 22.7. The number of carbonyl (C=O) groups is 1. The predicted octanol–water partition coefficient (Wildman–Crippen LogP) is 5.46. The summed E-state index contributed by atoms with van der Waals surface area (Å²) in [5, 5.41) is 0. The second kappa shape index (κ2) is 9.11. The van der Waals surface area contributed by atoms with Gasteiger partial charge in [-0.05, 0) is 80.1 Å². The standard InChI is InChI=1S/C27H29FN2O2/c1-27(2,21-9-13-23(32-3)14-10-21)26(31)30-16-4-5-25(30)24-15-8-20(18-29-24)17-19-6-11-22(28)12-7-19/h6-15,18,25H,4-5,16-17H2,1-3H3/t25-/m0/s1. The van der Waals surface area contributed by atoms with Crippen molar-refractivity contribution >= 4 is 5.91 Å². The Morgan fingerprint density at radius 2 is 1.75 bits per heavy atom. The van der Waals surface area contributed by atoms with Crippen LogP contribution in [0.3, 0.4) is 0 Å². The number of aromatic nitrogens is 1. The summed E-state index contributed by atoms with van der Waals surface area (Å²) in [6.45, 7) is 4.69. The van der Waals surface area contributed by atoms with E-state index in [-0.39, 0.29) is 17.8 Å². The first-order chi connectivity index (χ1) is 15.4. The Labute approximate surface area is 189 Å². The van der Waals surface area contributed by atoms with Crippen LogP contribution < -0.4 is 4.74 Å². The van der Waals surface area contributed by atoms with Crippen molar-refractivity contribution in [1.29, 1.82) is 0 Å². The van der Waals surface area contributed by atoms with Crippen LogP contribution in [0.25, 0.3) is 0 Å². The van der Waals surface area contributed by atoms with Crippen LogP contribution in [0, 0.1) is 5.82 Å². The van der Waals surface area contributed by atoms with E-state index >= 15 is 0 Å². The Kier molecular flexibility index (Phi) is 6.26. The first kappa shape index (κ1) is 22.0. The number of likely N-dealkylation sites (tertiary alicyclic amines) is 1. The average Bonchev–Trinajstić information content (AvgIpc) is 3.30. The molecule has 1 atom stereocenters. The van der Waals surface area contributed by atoms with Crippen molar-refractivity contribution in [2.45, 2.75) is 44.6 Å². The summed E-state index contributed by atoms with van der Waals surface area (Å²) in [7, 11) is 1.64. The Morgan fingerprint density at radius 1 is 1.06 bits per heavy atom. The molecule has 1 amide bonds. The zero-order valence-electron chi connectivity index (χ0n) is 18.8. The van der Waals surface area contributed by atoms with Gasteiger partial charge in [0.25, 0.3) is 0 Å². The second-order valence-corrected chi connectivity index (χ2v) is 8.90. The summed E-state index contributed by atoms with van der Waals surface area (Å²) in [4.78, 5) is 20.3. The lowest BCUT2D eigenvalue weighted by atomic mass is 9.83. The lowest BCUT2D eigenvalue weighted by Crippen LogP contribution is -2.43. The number of methoxy groups -OCH3 is 1. The molecule has 0 unspecified atom stereocenters. The minimum absolute atomic E-state index is 0.0140. The second-order valence-electron chi connectivity index (χ2n) is 8.90. The Morgan fingerprint density at radius 3 is 2.38 bits per heavy atom. The van der Waals surface area contributed by atoms with E-state index < -0.39 is 5.41 Å². The zero-order valence-corrected chi connectivity index (χ0v) is 18.8. The molecule has 32 heavy (non-hydrogen) atoms. The van der Waals surface area contributed by atoms with Gasteiger partial charge in [0.1, 0.15) is 11.6 Å². The number of benzene rings is 2. The molecule has 1 fully saturated rings. The van der Waals surface area contributed by atoms with Gasteiger partial charge in [-0.3, -0.25) is 9.78 Å². The van der Waals surface area contributed by atoms with Gasteiger partial charge in [0.05, 0.1) is 24.3 Å². The van der Waals surface area contributed by atoms with Crippen LogP contribution >= 0.6 is 0 Å². The van der Waals surface area contributed by atoms with Gasteiger partial charge >= 0.3 is 0 Å². The van der Waals surface area contributed by atoms with Crippen LogP contribution in [-0.4, -0.2) is 29.4 Å². The lowest BCUT2D eigenvalue weighted by Gasteiger charge is -2.33. The van der Waals surface area contributed by atoms with E-state index in [1.54, 1.807) is 19.2 Å². The molecule has 0 radical (unpaired) electrons. The fraction of sp³-hybridized carbons (Fsp3) is 0.333. The van der Waals surface area contributed by atoms with E-state index in [1.165, 1.54) is 12.1 Å². The smallest absolute Gasteiger partial charge is 0.233 e. The van der Waals surface area contributed by atoms with Crippen molar-refractivity contribution in [3.8, 4) is 5.75 Å². The van der Waals surface area contributed by atoms with E-state index in [2.05, 4.69) is 6.07 Å². The largest absolute Gasteiger partial charge is 0.497 e. The van der Waals surface area contributed by atoms with Crippen molar-refractivity contribution in [3.05, 3.63) is 95.1 Å². The highest BCUT2D eigenvalue weighted by molar-refractivity contribution is 5.88. The summed E-state index contributed by atoms with van der Waals surface area (Å²) in [5.74, 6) is 0.661. The third kappa shape index (κ3) is 4.52. The molecule has 2 heterocycles. The highest BCUT2D eigenvalue weighted by Crippen LogP contribution is 2.36. The van der Waals surface area contributed by atoms with Crippen molar-refractivity contribution < 1.29 is 13.9 Å². The molecule has 0 saturated carbocycles. The molecule has 0 spiro atoms. The molecule has 2 aromatic carbocycles. The highest BCUT2D eigenvalue weighted by atomic mass is 19.1. The molecular formula is C27H29FN2O2.